The van der Waals surface area contributed by atoms with Crippen molar-refractivity contribution in [2.75, 3.05) is 0 Å². The van der Waals surface area contributed by atoms with Gasteiger partial charge in [-0.2, -0.15) is 0 Å². The predicted molar refractivity (Wildman–Crippen MR) is 65.2 cm³/mol. The summed E-state index contributed by atoms with van der Waals surface area (Å²) >= 11 is 5.87. The molecule has 1 nitrogen and oxygen atoms in total. The van der Waals surface area contributed by atoms with E-state index >= 15 is 0 Å². The van der Waals surface area contributed by atoms with E-state index in [1.807, 2.05) is 13.0 Å². The number of hydrogen-bond donors (Lipinski definition) is 0. The Bertz CT molecular complexity index is 429. The molecule has 0 bridgehead atoms. The van der Waals surface area contributed by atoms with Crippen LogP contribution in [0.4, 0.5) is 0 Å². The number of rotatable bonds is 0. The van der Waals surface area contributed by atoms with Gasteiger partial charge in [-0.15, -0.1) is 0 Å². The van der Waals surface area contributed by atoms with Crippen LogP contribution >= 0.6 is 20.3 Å². The van der Waals surface area contributed by atoms with Crippen LogP contribution in [0.3, 0.4) is 0 Å². The van der Waals surface area contributed by atoms with E-state index in [0.29, 0.717) is 0 Å². The van der Waals surface area contributed by atoms with Gasteiger partial charge in [0.15, 0.2) is 0 Å². The standard InChI is InChI=1S/C11H11N.Cu.HI/c1-8-7-10-5-3-4-6-11(10)9(2)12-8;;/h3-7H,1-2H3;;1H/q;+1;/p-1. The molecule has 2 aromatic rings. The van der Waals surface area contributed by atoms with Gasteiger partial charge in [0.25, 0.3) is 0 Å². The molecule has 78 valence electrons. The molecule has 0 unspecified atom stereocenters. The van der Waals surface area contributed by atoms with Crippen molar-refractivity contribution in [3.63, 3.8) is 0 Å². The van der Waals surface area contributed by atoms with Crippen LogP contribution in [0.25, 0.3) is 10.8 Å². The Labute approximate surface area is 104 Å². The van der Waals surface area contributed by atoms with Crippen LogP contribution in [0.5, 0.6) is 0 Å². The number of halogens is 1. The Balaban J connectivity index is 0.000000461. The van der Waals surface area contributed by atoms with E-state index in [9.17, 15) is 0 Å². The molecule has 0 N–H and O–H groups in total. The van der Waals surface area contributed by atoms with Crippen molar-refractivity contribution in [1.82, 2.24) is 4.98 Å². The van der Waals surface area contributed by atoms with Gasteiger partial charge in [-0.25, -0.2) is 0 Å². The molecule has 0 fully saturated rings. The molecule has 0 aliphatic rings. The number of aromatic nitrogens is 1. The van der Waals surface area contributed by atoms with E-state index in [-0.39, 0.29) is 0 Å². The second kappa shape index (κ2) is 5.69. The number of benzene rings is 1. The summed E-state index contributed by atoms with van der Waals surface area (Å²) in [6.07, 6.45) is 0. The maximum absolute atomic E-state index is 4.40. The van der Waals surface area contributed by atoms with E-state index in [0.717, 1.165) is 11.4 Å². The number of fused-ring (bicyclic) bond motifs is 1. The monoisotopic (exact) mass is 347 g/mol. The first-order valence-electron chi connectivity index (χ1n) is 4.22. The van der Waals surface area contributed by atoms with Crippen LogP contribution in [0.15, 0.2) is 30.3 Å². The molecule has 0 aliphatic heterocycles. The Morgan fingerprint density at radius 3 is 2.50 bits per heavy atom. The number of aryl methyl sites for hydroxylation is 2. The summed E-state index contributed by atoms with van der Waals surface area (Å²) in [5.74, 6) is 0. The van der Waals surface area contributed by atoms with E-state index in [1.54, 1.807) is 20.3 Å². The Morgan fingerprint density at radius 2 is 1.79 bits per heavy atom. The number of nitrogens with zero attached hydrogens (tertiary/aromatic N) is 1. The molecule has 0 aliphatic carbocycles. The molecule has 0 saturated carbocycles. The first kappa shape index (κ1) is 12.0. The third-order valence-electron chi connectivity index (χ3n) is 2.06. The average molecular weight is 348 g/mol. The van der Waals surface area contributed by atoms with Crippen molar-refractivity contribution in [2.24, 2.45) is 0 Å². The van der Waals surface area contributed by atoms with Crippen molar-refractivity contribution in [3.05, 3.63) is 41.7 Å². The zero-order valence-electron chi connectivity index (χ0n) is 8.01. The van der Waals surface area contributed by atoms with Gasteiger partial charge in [0.05, 0.1) is 0 Å². The summed E-state index contributed by atoms with van der Waals surface area (Å²) in [6, 6.07) is 10.4. The van der Waals surface area contributed by atoms with E-state index in [1.165, 1.54) is 10.8 Å². The summed E-state index contributed by atoms with van der Waals surface area (Å²) in [7, 11) is 0. The van der Waals surface area contributed by atoms with Crippen LogP contribution in [-0.4, -0.2) is 4.98 Å². The predicted octanol–water partition coefficient (Wildman–Crippen LogP) is 3.73. The summed E-state index contributed by atoms with van der Waals surface area (Å²) in [5, 5.41) is 2.53. The van der Waals surface area contributed by atoms with Gasteiger partial charge in [0.2, 0.25) is 0 Å². The Morgan fingerprint density at radius 1 is 1.14 bits per heavy atom. The van der Waals surface area contributed by atoms with Gasteiger partial charge in [-0.1, -0.05) is 24.3 Å². The van der Waals surface area contributed by atoms with Gasteiger partial charge < -0.3 is 0 Å². The Kier molecular flexibility index (Phi) is 4.85. The molecule has 0 amide bonds. The van der Waals surface area contributed by atoms with E-state index in [2.05, 4.69) is 48.9 Å². The third-order valence-corrected chi connectivity index (χ3v) is 2.06. The number of hydrogen-bond acceptors (Lipinski definition) is 1. The maximum atomic E-state index is 4.40. The van der Waals surface area contributed by atoms with Crippen molar-refractivity contribution >= 4 is 31.1 Å². The second-order valence-corrected chi connectivity index (χ2v) is 3.07. The van der Waals surface area contributed by atoms with Gasteiger partial charge in [-0.05, 0) is 25.3 Å². The topological polar surface area (TPSA) is 12.9 Å². The normalized spacial score (nSPS) is 9.50. The minimum atomic E-state index is 1.09. The van der Waals surface area contributed by atoms with Gasteiger partial charge >= 0.3 is 33.1 Å². The zero-order chi connectivity index (χ0) is 10.6. The molecule has 0 radical (unpaired) electrons. The van der Waals surface area contributed by atoms with Crippen molar-refractivity contribution in [1.29, 1.82) is 0 Å². The van der Waals surface area contributed by atoms with E-state index in [4.69, 9.17) is 0 Å². The average Bonchev–Trinajstić information content (AvgIpc) is 2.20. The fraction of sp³-hybridized carbons (Fsp3) is 0.182. The first-order chi connectivity index (χ1) is 6.77. The summed E-state index contributed by atoms with van der Waals surface area (Å²) in [5.41, 5.74) is 2.21. The van der Waals surface area contributed by atoms with Crippen LogP contribution in [0, 0.1) is 13.8 Å². The van der Waals surface area contributed by atoms with Crippen molar-refractivity contribution < 1.29 is 12.8 Å². The fourth-order valence-electron chi connectivity index (χ4n) is 1.53. The first-order valence-corrected chi connectivity index (χ1v) is 7.25. The molecular formula is C11H11CuIN. The van der Waals surface area contributed by atoms with Gasteiger partial charge in [0, 0.05) is 16.8 Å². The van der Waals surface area contributed by atoms with Crippen molar-refractivity contribution in [2.45, 2.75) is 13.8 Å². The molecule has 1 aromatic heterocycles. The molecule has 2 rings (SSSR count). The zero-order valence-corrected chi connectivity index (χ0v) is 11.1. The summed E-state index contributed by atoms with van der Waals surface area (Å²) < 4.78 is 0. The van der Waals surface area contributed by atoms with Crippen molar-refractivity contribution in [3.8, 4) is 0 Å². The molecule has 3 heteroatoms. The number of pyridine rings is 1. The third kappa shape index (κ3) is 2.69. The molecule has 14 heavy (non-hydrogen) atoms. The van der Waals surface area contributed by atoms with Crippen LogP contribution < -0.4 is 0 Å². The fourth-order valence-corrected chi connectivity index (χ4v) is 1.53. The molecule has 0 spiro atoms. The molecule has 0 atom stereocenters. The SMILES string of the molecule is Cc1cc2ccccc2c(C)n1.[Cu][I]. The molecule has 0 saturated heterocycles. The molecular weight excluding hydrogens is 337 g/mol. The molecule has 1 heterocycles. The van der Waals surface area contributed by atoms with E-state index < -0.39 is 0 Å². The van der Waals surface area contributed by atoms with Gasteiger partial charge in [-0.3, -0.25) is 4.98 Å². The molecule has 1 aromatic carbocycles. The van der Waals surface area contributed by atoms with Crippen LogP contribution in [0.1, 0.15) is 11.4 Å². The summed E-state index contributed by atoms with van der Waals surface area (Å²) in [4.78, 5) is 4.40. The van der Waals surface area contributed by atoms with Crippen LogP contribution in [0.2, 0.25) is 0 Å². The van der Waals surface area contributed by atoms with Gasteiger partial charge in [0.1, 0.15) is 0 Å². The summed E-state index contributed by atoms with van der Waals surface area (Å²) in [6.45, 7) is 4.08. The quantitative estimate of drug-likeness (QED) is 0.523. The Hall–Kier alpha value is -0.121. The van der Waals surface area contributed by atoms with Crippen LogP contribution in [-0.2, 0) is 12.8 Å². The minimum absolute atomic E-state index is 1.09. The second-order valence-electron chi connectivity index (χ2n) is 3.07.